The Morgan fingerprint density at radius 3 is 3.00 bits per heavy atom. The number of amides is 1. The Labute approximate surface area is 110 Å². The minimum atomic E-state index is -1.09. The van der Waals surface area contributed by atoms with Crippen LogP contribution in [0.25, 0.3) is 0 Å². The van der Waals surface area contributed by atoms with Crippen molar-refractivity contribution in [3.63, 3.8) is 0 Å². The normalized spacial score (nSPS) is 19.0. The van der Waals surface area contributed by atoms with Gasteiger partial charge in [0.15, 0.2) is 5.69 Å². The maximum Gasteiger partial charge on any atom is 0.354 e. The molecule has 1 saturated heterocycles. The smallest absolute Gasteiger partial charge is 0.354 e. The first-order chi connectivity index (χ1) is 9.13. The summed E-state index contributed by atoms with van der Waals surface area (Å²) in [4.78, 5) is 28.5. The number of morpholine rings is 1. The molecule has 2 rings (SSSR count). The third-order valence-electron chi connectivity index (χ3n) is 2.93. The standard InChI is InChI=1S/C12H15N3O4/c1-13-11(16)9-7-19-6-5-15(9)10-4-2-3-8(14-10)12(17)18/h2-4,9H,5-7H2,1H3,(H,13,16)(H,17,18). The Bertz CT molecular complexity index is 492. The monoisotopic (exact) mass is 265 g/mol. The quantitative estimate of drug-likeness (QED) is 0.781. The molecule has 0 bridgehead atoms. The number of aromatic carboxylic acids is 1. The summed E-state index contributed by atoms with van der Waals surface area (Å²) in [6.45, 7) is 1.24. The highest BCUT2D eigenvalue weighted by molar-refractivity contribution is 5.87. The van der Waals surface area contributed by atoms with E-state index in [2.05, 4.69) is 10.3 Å². The van der Waals surface area contributed by atoms with E-state index in [9.17, 15) is 9.59 Å². The fourth-order valence-electron chi connectivity index (χ4n) is 1.96. The number of nitrogens with one attached hydrogen (secondary N) is 1. The van der Waals surface area contributed by atoms with Crippen molar-refractivity contribution in [1.82, 2.24) is 10.3 Å². The largest absolute Gasteiger partial charge is 0.477 e. The highest BCUT2D eigenvalue weighted by Gasteiger charge is 2.30. The van der Waals surface area contributed by atoms with Gasteiger partial charge in [0.1, 0.15) is 11.9 Å². The minimum Gasteiger partial charge on any atom is -0.477 e. The molecule has 2 heterocycles. The number of aromatic nitrogens is 1. The van der Waals surface area contributed by atoms with Gasteiger partial charge in [0.05, 0.1) is 13.2 Å². The third-order valence-corrected chi connectivity index (χ3v) is 2.93. The molecule has 2 N–H and O–H groups in total. The molecule has 0 radical (unpaired) electrons. The Hall–Kier alpha value is -2.15. The first kappa shape index (κ1) is 13.3. The lowest BCUT2D eigenvalue weighted by Crippen LogP contribution is -2.53. The summed E-state index contributed by atoms with van der Waals surface area (Å²) in [6.07, 6.45) is 0. The highest BCUT2D eigenvalue weighted by atomic mass is 16.5. The van der Waals surface area contributed by atoms with Crippen LogP contribution < -0.4 is 10.2 Å². The van der Waals surface area contributed by atoms with Crippen molar-refractivity contribution in [2.24, 2.45) is 0 Å². The van der Waals surface area contributed by atoms with E-state index in [0.717, 1.165) is 0 Å². The fraction of sp³-hybridized carbons (Fsp3) is 0.417. The van der Waals surface area contributed by atoms with Gasteiger partial charge in [0.2, 0.25) is 5.91 Å². The number of carbonyl (C=O) groups excluding carboxylic acids is 1. The van der Waals surface area contributed by atoms with Crippen molar-refractivity contribution in [3.05, 3.63) is 23.9 Å². The molecule has 1 fully saturated rings. The van der Waals surface area contributed by atoms with E-state index >= 15 is 0 Å². The molecule has 0 aromatic carbocycles. The number of carboxylic acid groups (broad SMARTS) is 1. The number of nitrogens with zero attached hydrogens (tertiary/aromatic N) is 2. The van der Waals surface area contributed by atoms with Gasteiger partial charge in [0.25, 0.3) is 0 Å². The highest BCUT2D eigenvalue weighted by Crippen LogP contribution is 2.18. The van der Waals surface area contributed by atoms with Gasteiger partial charge in [-0.25, -0.2) is 9.78 Å². The summed E-state index contributed by atoms with van der Waals surface area (Å²) in [5.41, 5.74) is -0.0420. The Morgan fingerprint density at radius 1 is 1.53 bits per heavy atom. The molecule has 1 aliphatic rings. The number of hydrogen-bond acceptors (Lipinski definition) is 5. The molecule has 0 spiro atoms. The molecule has 0 saturated carbocycles. The minimum absolute atomic E-state index is 0.0420. The maximum absolute atomic E-state index is 11.8. The van der Waals surface area contributed by atoms with Crippen molar-refractivity contribution >= 4 is 17.7 Å². The fourth-order valence-corrected chi connectivity index (χ4v) is 1.96. The molecular weight excluding hydrogens is 250 g/mol. The molecule has 7 nitrogen and oxygen atoms in total. The van der Waals surface area contributed by atoms with E-state index in [-0.39, 0.29) is 18.2 Å². The van der Waals surface area contributed by atoms with Crippen molar-refractivity contribution in [2.45, 2.75) is 6.04 Å². The lowest BCUT2D eigenvalue weighted by molar-refractivity contribution is -0.124. The number of ether oxygens (including phenoxy) is 1. The van der Waals surface area contributed by atoms with Gasteiger partial charge in [-0.05, 0) is 12.1 Å². The Morgan fingerprint density at radius 2 is 2.32 bits per heavy atom. The van der Waals surface area contributed by atoms with Crippen LogP contribution in [0.2, 0.25) is 0 Å². The van der Waals surface area contributed by atoms with Gasteiger partial charge in [0, 0.05) is 13.6 Å². The zero-order valence-corrected chi connectivity index (χ0v) is 10.5. The van der Waals surface area contributed by atoms with Crippen molar-refractivity contribution in [2.75, 3.05) is 31.7 Å². The SMILES string of the molecule is CNC(=O)C1COCCN1c1cccc(C(=O)O)n1. The summed E-state index contributed by atoms with van der Waals surface area (Å²) >= 11 is 0. The number of anilines is 1. The van der Waals surface area contributed by atoms with Crippen LogP contribution in [0, 0.1) is 0 Å². The summed E-state index contributed by atoms with van der Waals surface area (Å²) in [7, 11) is 1.55. The first-order valence-electron chi connectivity index (χ1n) is 5.90. The van der Waals surface area contributed by atoms with E-state index < -0.39 is 12.0 Å². The summed E-state index contributed by atoms with van der Waals surface area (Å²) in [5, 5.41) is 11.5. The maximum atomic E-state index is 11.8. The van der Waals surface area contributed by atoms with Gasteiger partial charge in [-0.1, -0.05) is 6.07 Å². The van der Waals surface area contributed by atoms with Crippen LogP contribution in [0.4, 0.5) is 5.82 Å². The number of hydrogen-bond donors (Lipinski definition) is 2. The second-order valence-corrected chi connectivity index (χ2v) is 4.08. The zero-order valence-electron chi connectivity index (χ0n) is 10.5. The van der Waals surface area contributed by atoms with Gasteiger partial charge >= 0.3 is 5.97 Å². The summed E-state index contributed by atoms with van der Waals surface area (Å²) in [5.74, 6) is -0.800. The van der Waals surface area contributed by atoms with Crippen LogP contribution in [0.15, 0.2) is 18.2 Å². The molecule has 102 valence electrons. The first-order valence-corrected chi connectivity index (χ1v) is 5.90. The number of carbonyl (C=O) groups is 2. The molecule has 1 aromatic heterocycles. The molecule has 1 unspecified atom stereocenters. The lowest BCUT2D eigenvalue weighted by atomic mass is 10.2. The second-order valence-electron chi connectivity index (χ2n) is 4.08. The van der Waals surface area contributed by atoms with Crippen molar-refractivity contribution in [3.8, 4) is 0 Å². The van der Waals surface area contributed by atoms with E-state index in [1.165, 1.54) is 6.07 Å². The molecule has 7 heteroatoms. The average molecular weight is 265 g/mol. The number of rotatable bonds is 3. The zero-order chi connectivity index (χ0) is 13.8. The van der Waals surface area contributed by atoms with Crippen molar-refractivity contribution < 1.29 is 19.4 Å². The van der Waals surface area contributed by atoms with Crippen LogP contribution in [-0.2, 0) is 9.53 Å². The predicted molar refractivity (Wildman–Crippen MR) is 67.2 cm³/mol. The number of likely N-dealkylation sites (N-methyl/N-ethyl adjacent to an activating group) is 1. The Kier molecular flexibility index (Phi) is 3.96. The predicted octanol–water partition coefficient (Wildman–Crippen LogP) is -0.269. The van der Waals surface area contributed by atoms with Crippen LogP contribution >= 0.6 is 0 Å². The molecule has 1 amide bonds. The molecule has 19 heavy (non-hydrogen) atoms. The van der Waals surface area contributed by atoms with Crippen LogP contribution in [0.5, 0.6) is 0 Å². The van der Waals surface area contributed by atoms with E-state index in [1.807, 2.05) is 0 Å². The van der Waals surface area contributed by atoms with Gasteiger partial charge < -0.3 is 20.1 Å². The van der Waals surface area contributed by atoms with Gasteiger partial charge in [-0.3, -0.25) is 4.79 Å². The second kappa shape index (κ2) is 5.66. The van der Waals surface area contributed by atoms with Crippen LogP contribution in [0.3, 0.4) is 0 Å². The lowest BCUT2D eigenvalue weighted by Gasteiger charge is -2.35. The van der Waals surface area contributed by atoms with E-state index in [1.54, 1.807) is 24.1 Å². The Balaban J connectivity index is 2.29. The molecule has 1 aliphatic heterocycles. The van der Waals surface area contributed by atoms with Crippen LogP contribution in [-0.4, -0.2) is 54.8 Å². The number of carboxylic acids is 1. The van der Waals surface area contributed by atoms with Gasteiger partial charge in [-0.15, -0.1) is 0 Å². The van der Waals surface area contributed by atoms with Gasteiger partial charge in [-0.2, -0.15) is 0 Å². The molecule has 0 aliphatic carbocycles. The van der Waals surface area contributed by atoms with Crippen molar-refractivity contribution in [1.29, 1.82) is 0 Å². The average Bonchev–Trinajstić information content (AvgIpc) is 2.46. The van der Waals surface area contributed by atoms with Crippen LogP contribution in [0.1, 0.15) is 10.5 Å². The molecule has 1 aromatic rings. The molecular formula is C12H15N3O4. The third kappa shape index (κ3) is 2.82. The van der Waals surface area contributed by atoms with E-state index in [4.69, 9.17) is 9.84 Å². The van der Waals surface area contributed by atoms with E-state index in [0.29, 0.717) is 19.0 Å². The summed E-state index contributed by atoms with van der Waals surface area (Å²) < 4.78 is 5.29. The number of pyridine rings is 1. The molecule has 1 atom stereocenters. The topological polar surface area (TPSA) is 91.8 Å². The summed E-state index contributed by atoms with van der Waals surface area (Å²) in [6, 6.07) is 4.23.